The van der Waals surface area contributed by atoms with Gasteiger partial charge in [0.05, 0.1) is 11.5 Å². The molecule has 2 amide bonds. The number of carbonyl (C=O) groups excluding carboxylic acids is 1. The van der Waals surface area contributed by atoms with Crippen molar-refractivity contribution in [3.05, 3.63) is 23.7 Å². The number of nitrogens with one attached hydrogen (secondary N) is 1. The minimum Gasteiger partial charge on any atom is -0.481 e. The molecule has 1 aromatic rings. The molecule has 0 spiro atoms. The quantitative estimate of drug-likeness (QED) is 0.836. The molecule has 1 aliphatic heterocycles. The average Bonchev–Trinajstić information content (AvgIpc) is 3.10. The number of ether oxygens (including phenoxy) is 1. The molecule has 2 unspecified atom stereocenters. The lowest BCUT2D eigenvalue weighted by atomic mass is 9.90. The van der Waals surface area contributed by atoms with E-state index in [1.54, 1.807) is 18.9 Å². The van der Waals surface area contributed by atoms with E-state index in [2.05, 4.69) is 5.32 Å². The van der Waals surface area contributed by atoms with E-state index < -0.39 is 11.4 Å². The van der Waals surface area contributed by atoms with Crippen LogP contribution >= 0.6 is 0 Å². The summed E-state index contributed by atoms with van der Waals surface area (Å²) < 4.78 is 10.7. The summed E-state index contributed by atoms with van der Waals surface area (Å²) in [6.45, 7) is 4.64. The molecule has 2 N–H and O–H groups in total. The molecular formula is C16H24N2O5. The summed E-state index contributed by atoms with van der Waals surface area (Å²) in [5.41, 5.74) is -0.874. The van der Waals surface area contributed by atoms with Crippen molar-refractivity contribution in [1.82, 2.24) is 10.2 Å². The number of urea groups is 1. The van der Waals surface area contributed by atoms with Crippen LogP contribution in [0, 0.1) is 12.3 Å². The van der Waals surface area contributed by atoms with E-state index in [-0.39, 0.29) is 18.6 Å². The Kier molecular flexibility index (Phi) is 5.30. The summed E-state index contributed by atoms with van der Waals surface area (Å²) >= 11 is 0. The molecule has 0 saturated carbocycles. The first-order valence-electron chi connectivity index (χ1n) is 7.70. The predicted octanol–water partition coefficient (Wildman–Crippen LogP) is 2.17. The van der Waals surface area contributed by atoms with E-state index in [0.717, 1.165) is 5.76 Å². The zero-order chi connectivity index (χ0) is 17.0. The van der Waals surface area contributed by atoms with Crippen molar-refractivity contribution in [3.63, 3.8) is 0 Å². The van der Waals surface area contributed by atoms with Crippen LogP contribution in [-0.2, 0) is 9.53 Å². The monoisotopic (exact) mass is 324 g/mol. The topological polar surface area (TPSA) is 92.0 Å². The number of rotatable bonds is 6. The van der Waals surface area contributed by atoms with Gasteiger partial charge in [-0.15, -0.1) is 0 Å². The summed E-state index contributed by atoms with van der Waals surface area (Å²) in [5, 5.41) is 12.2. The number of carboxylic acids is 1. The zero-order valence-corrected chi connectivity index (χ0v) is 13.8. The van der Waals surface area contributed by atoms with Gasteiger partial charge in [-0.25, -0.2) is 4.79 Å². The number of amides is 2. The number of methoxy groups -OCH3 is 1. The fraction of sp³-hybridized carbons (Fsp3) is 0.625. The fourth-order valence-electron chi connectivity index (χ4n) is 2.71. The molecule has 7 heteroatoms. The summed E-state index contributed by atoms with van der Waals surface area (Å²) in [4.78, 5) is 25.3. The molecule has 1 fully saturated rings. The number of hydrogen-bond acceptors (Lipinski definition) is 4. The Morgan fingerprint density at radius 1 is 1.52 bits per heavy atom. The third kappa shape index (κ3) is 4.04. The second kappa shape index (κ2) is 7.04. The van der Waals surface area contributed by atoms with E-state index in [0.29, 0.717) is 31.8 Å². The largest absolute Gasteiger partial charge is 0.481 e. The molecule has 1 aliphatic rings. The van der Waals surface area contributed by atoms with Crippen LogP contribution in [0.25, 0.3) is 0 Å². The molecule has 1 aromatic heterocycles. The van der Waals surface area contributed by atoms with Crippen LogP contribution in [0.1, 0.15) is 37.3 Å². The lowest BCUT2D eigenvalue weighted by molar-refractivity contribution is -0.147. The highest BCUT2D eigenvalue weighted by atomic mass is 16.5. The lowest BCUT2D eigenvalue weighted by Crippen LogP contribution is -2.42. The van der Waals surface area contributed by atoms with Crippen LogP contribution in [-0.4, -0.2) is 48.8 Å². The van der Waals surface area contributed by atoms with Gasteiger partial charge < -0.3 is 24.5 Å². The van der Waals surface area contributed by atoms with Crippen LogP contribution < -0.4 is 5.32 Å². The van der Waals surface area contributed by atoms with E-state index >= 15 is 0 Å². The SMILES string of the molecule is COCCC(NC(=O)N1CCC(C)(C(=O)O)C1)c1ccc(C)o1. The smallest absolute Gasteiger partial charge is 0.318 e. The lowest BCUT2D eigenvalue weighted by Gasteiger charge is -2.23. The Labute approximate surface area is 135 Å². The van der Waals surface area contributed by atoms with Crippen molar-refractivity contribution in [1.29, 1.82) is 0 Å². The number of furan rings is 1. The van der Waals surface area contributed by atoms with Gasteiger partial charge in [-0.3, -0.25) is 4.79 Å². The van der Waals surface area contributed by atoms with Crippen molar-refractivity contribution < 1.29 is 23.8 Å². The number of nitrogens with zero attached hydrogens (tertiary/aromatic N) is 1. The van der Waals surface area contributed by atoms with Gasteiger partial charge in [-0.2, -0.15) is 0 Å². The summed E-state index contributed by atoms with van der Waals surface area (Å²) in [6.07, 6.45) is 1.04. The molecule has 0 radical (unpaired) electrons. The van der Waals surface area contributed by atoms with Crippen LogP contribution in [0.3, 0.4) is 0 Å². The normalized spacial score (nSPS) is 22.1. The molecule has 0 aromatic carbocycles. The van der Waals surface area contributed by atoms with Crippen molar-refractivity contribution in [2.45, 2.75) is 32.7 Å². The number of likely N-dealkylation sites (tertiary alicyclic amines) is 1. The second-order valence-electron chi connectivity index (χ2n) is 6.27. The van der Waals surface area contributed by atoms with Gasteiger partial charge in [0, 0.05) is 26.8 Å². The van der Waals surface area contributed by atoms with Crippen LogP contribution in [0.5, 0.6) is 0 Å². The first-order chi connectivity index (χ1) is 10.9. The summed E-state index contributed by atoms with van der Waals surface area (Å²) in [6, 6.07) is 3.11. The predicted molar refractivity (Wildman–Crippen MR) is 83.1 cm³/mol. The van der Waals surface area contributed by atoms with Gasteiger partial charge in [-0.1, -0.05) is 0 Å². The maximum Gasteiger partial charge on any atom is 0.318 e. The molecular weight excluding hydrogens is 300 g/mol. The van der Waals surface area contributed by atoms with Gasteiger partial charge in [0.2, 0.25) is 0 Å². The van der Waals surface area contributed by atoms with Crippen molar-refractivity contribution >= 4 is 12.0 Å². The van der Waals surface area contributed by atoms with Gasteiger partial charge >= 0.3 is 12.0 Å². The standard InChI is InChI=1S/C16H24N2O5/c1-11-4-5-13(23-11)12(6-9-22-3)17-15(21)18-8-7-16(2,10-18)14(19)20/h4-5,12H,6-10H2,1-3H3,(H,17,21)(H,19,20). The Balaban J connectivity index is 2.02. The first kappa shape index (κ1) is 17.3. The number of hydrogen-bond donors (Lipinski definition) is 2. The van der Waals surface area contributed by atoms with Crippen molar-refractivity contribution in [2.75, 3.05) is 26.8 Å². The number of aliphatic carboxylic acids is 1. The van der Waals surface area contributed by atoms with Crippen molar-refractivity contribution in [3.8, 4) is 0 Å². The van der Waals surface area contributed by atoms with Gasteiger partial charge in [0.1, 0.15) is 11.5 Å². The van der Waals surface area contributed by atoms with Crippen LogP contribution in [0.4, 0.5) is 4.79 Å². The highest BCUT2D eigenvalue weighted by Gasteiger charge is 2.42. The number of carbonyl (C=O) groups is 2. The third-order valence-electron chi connectivity index (χ3n) is 4.29. The average molecular weight is 324 g/mol. The zero-order valence-electron chi connectivity index (χ0n) is 13.8. The molecule has 2 heterocycles. The van der Waals surface area contributed by atoms with Gasteiger partial charge in [-0.05, 0) is 38.8 Å². The third-order valence-corrected chi connectivity index (χ3v) is 4.29. The highest BCUT2D eigenvalue weighted by Crippen LogP contribution is 2.30. The molecule has 128 valence electrons. The maximum absolute atomic E-state index is 12.4. The molecule has 2 rings (SSSR count). The minimum atomic E-state index is -0.874. The summed E-state index contributed by atoms with van der Waals surface area (Å²) in [5.74, 6) is 0.578. The molecule has 1 saturated heterocycles. The van der Waals surface area contributed by atoms with E-state index in [9.17, 15) is 14.7 Å². The van der Waals surface area contributed by atoms with E-state index in [1.807, 2.05) is 19.1 Å². The van der Waals surface area contributed by atoms with E-state index in [1.165, 1.54) is 0 Å². The number of carboxylic acid groups (broad SMARTS) is 1. The molecule has 0 bridgehead atoms. The van der Waals surface area contributed by atoms with E-state index in [4.69, 9.17) is 9.15 Å². The Morgan fingerprint density at radius 3 is 2.78 bits per heavy atom. The van der Waals surface area contributed by atoms with Crippen molar-refractivity contribution in [2.24, 2.45) is 5.41 Å². The van der Waals surface area contributed by atoms with Crippen LogP contribution in [0.15, 0.2) is 16.5 Å². The highest BCUT2D eigenvalue weighted by molar-refractivity contribution is 5.79. The molecule has 7 nitrogen and oxygen atoms in total. The van der Waals surface area contributed by atoms with Gasteiger partial charge in [0.15, 0.2) is 0 Å². The molecule has 0 aliphatic carbocycles. The number of aryl methyl sites for hydroxylation is 1. The summed E-state index contributed by atoms with van der Waals surface area (Å²) in [7, 11) is 1.60. The van der Waals surface area contributed by atoms with Gasteiger partial charge in [0.25, 0.3) is 0 Å². The maximum atomic E-state index is 12.4. The molecule has 23 heavy (non-hydrogen) atoms. The first-order valence-corrected chi connectivity index (χ1v) is 7.70. The Morgan fingerprint density at radius 2 is 2.26 bits per heavy atom. The Hall–Kier alpha value is -2.02. The Bertz CT molecular complexity index is 571. The fourth-order valence-corrected chi connectivity index (χ4v) is 2.71. The minimum absolute atomic E-state index is 0.211. The second-order valence-corrected chi connectivity index (χ2v) is 6.27. The molecule has 2 atom stereocenters. The van der Waals surface area contributed by atoms with Crippen LogP contribution in [0.2, 0.25) is 0 Å².